The Morgan fingerprint density at radius 3 is 2.31 bits per heavy atom. The van der Waals surface area contributed by atoms with Gasteiger partial charge in [-0.3, -0.25) is 13.9 Å². The number of hydrogen-bond donors (Lipinski definition) is 3. The maximum Gasteiger partial charge on any atom is 0.459 e. The molecule has 0 aliphatic carbocycles. The van der Waals surface area contributed by atoms with Crippen molar-refractivity contribution in [2.75, 3.05) is 33.3 Å². The first-order valence-electron chi connectivity index (χ1n) is 15.0. The quantitative estimate of drug-likeness (QED) is 0.144. The van der Waals surface area contributed by atoms with Crippen LogP contribution in [0, 0.1) is 0 Å². The molecule has 3 N–H and O–H groups in total. The number of carbonyl (C=O) groups is 1. The molecule has 18 heteroatoms. The summed E-state index contributed by atoms with van der Waals surface area (Å²) < 4.78 is 82.4. The van der Waals surface area contributed by atoms with Crippen LogP contribution >= 0.6 is 7.75 Å². The average Bonchev–Trinajstić information content (AvgIpc) is 3.29. The number of aromatic nitrogens is 2. The molecule has 0 spiro atoms. The molecule has 1 aliphatic rings. The molecule has 49 heavy (non-hydrogen) atoms. The highest BCUT2D eigenvalue weighted by atomic mass is 31.2. The fourth-order valence-corrected chi connectivity index (χ4v) is 6.23. The SMILES string of the molecule is COc1cc(CNc2ccn([C@@H]3O[C@H](CO[P@@](=O)(NC(C)C(=O)OC(C)C)Oc4ccccc4)[C@@H](O)C3(F)F)c(=O)n2)cc(OC)c1OC. The maximum absolute atomic E-state index is 15.4. The smallest absolute Gasteiger partial charge is 0.459 e. The van der Waals surface area contributed by atoms with Gasteiger partial charge in [0.25, 0.3) is 0 Å². The first kappa shape index (κ1) is 37.5. The van der Waals surface area contributed by atoms with Gasteiger partial charge in [0.1, 0.15) is 23.7 Å². The number of benzene rings is 2. The van der Waals surface area contributed by atoms with Gasteiger partial charge >= 0.3 is 25.3 Å². The molecule has 268 valence electrons. The third kappa shape index (κ3) is 9.05. The predicted octanol–water partition coefficient (Wildman–Crippen LogP) is 3.91. The van der Waals surface area contributed by atoms with E-state index in [1.54, 1.807) is 44.2 Å². The lowest BCUT2D eigenvalue weighted by Crippen LogP contribution is -2.42. The minimum Gasteiger partial charge on any atom is -0.493 e. The number of methoxy groups -OCH3 is 3. The summed E-state index contributed by atoms with van der Waals surface area (Å²) in [5.74, 6) is -3.43. The third-order valence-corrected chi connectivity index (χ3v) is 8.74. The van der Waals surface area contributed by atoms with E-state index in [2.05, 4.69) is 15.4 Å². The van der Waals surface area contributed by atoms with Crippen molar-refractivity contribution in [3.8, 4) is 23.0 Å². The number of nitrogens with zero attached hydrogens (tertiary/aromatic N) is 2. The second-order valence-electron chi connectivity index (χ2n) is 11.1. The summed E-state index contributed by atoms with van der Waals surface area (Å²) in [6, 6.07) is 11.2. The van der Waals surface area contributed by atoms with Gasteiger partial charge in [-0.2, -0.15) is 18.9 Å². The number of rotatable bonds is 16. The van der Waals surface area contributed by atoms with E-state index in [0.717, 1.165) is 6.20 Å². The topological polar surface area (TPSA) is 178 Å². The number of carbonyl (C=O) groups excluding carboxylic acids is 1. The van der Waals surface area contributed by atoms with E-state index in [-0.39, 0.29) is 18.1 Å². The van der Waals surface area contributed by atoms with Gasteiger partial charge in [-0.25, -0.2) is 9.36 Å². The molecule has 1 aromatic heterocycles. The highest BCUT2D eigenvalue weighted by Gasteiger charge is 2.60. The number of hydrogen-bond acceptors (Lipinski definition) is 13. The number of halogens is 2. The Kier molecular flexibility index (Phi) is 12.2. The molecule has 0 radical (unpaired) electrons. The molecule has 4 rings (SSSR count). The Hall–Kier alpha value is -4.28. The zero-order valence-electron chi connectivity index (χ0n) is 27.6. The Bertz CT molecular complexity index is 1670. The molecule has 1 aliphatic heterocycles. The number of aliphatic hydroxyl groups excluding tert-OH is 1. The van der Waals surface area contributed by atoms with Crippen LogP contribution in [0.2, 0.25) is 0 Å². The second-order valence-corrected chi connectivity index (χ2v) is 12.8. The van der Waals surface area contributed by atoms with Crippen LogP contribution < -0.4 is 34.8 Å². The highest BCUT2D eigenvalue weighted by molar-refractivity contribution is 7.52. The van der Waals surface area contributed by atoms with Gasteiger partial charge in [0.15, 0.2) is 17.6 Å². The summed E-state index contributed by atoms with van der Waals surface area (Å²) in [6.45, 7) is 3.86. The van der Waals surface area contributed by atoms with Gasteiger partial charge in [-0.15, -0.1) is 0 Å². The lowest BCUT2D eigenvalue weighted by atomic mass is 10.1. The van der Waals surface area contributed by atoms with E-state index in [1.807, 2.05) is 0 Å². The summed E-state index contributed by atoms with van der Waals surface area (Å²) in [5, 5.41) is 15.9. The Labute approximate surface area is 281 Å². The molecule has 2 heterocycles. The van der Waals surface area contributed by atoms with E-state index in [9.17, 15) is 19.3 Å². The van der Waals surface area contributed by atoms with Crippen molar-refractivity contribution in [1.29, 1.82) is 0 Å². The van der Waals surface area contributed by atoms with Gasteiger partial charge in [0.05, 0.1) is 34.0 Å². The fraction of sp³-hybridized carbons (Fsp3) is 0.452. The summed E-state index contributed by atoms with van der Waals surface area (Å²) in [5.41, 5.74) is -0.433. The van der Waals surface area contributed by atoms with Crippen LogP contribution in [0.3, 0.4) is 0 Å². The predicted molar refractivity (Wildman–Crippen MR) is 171 cm³/mol. The van der Waals surface area contributed by atoms with Gasteiger partial charge in [-0.05, 0) is 56.7 Å². The van der Waals surface area contributed by atoms with Crippen molar-refractivity contribution < 1.29 is 56.0 Å². The molecule has 0 bridgehead atoms. The first-order valence-corrected chi connectivity index (χ1v) is 16.6. The number of alkyl halides is 2. The van der Waals surface area contributed by atoms with Crippen molar-refractivity contribution in [3.05, 3.63) is 70.8 Å². The van der Waals surface area contributed by atoms with Gasteiger partial charge in [0.2, 0.25) is 12.0 Å². The van der Waals surface area contributed by atoms with Crippen LogP contribution in [0.5, 0.6) is 23.0 Å². The summed E-state index contributed by atoms with van der Waals surface area (Å²) in [6.07, 6.45) is -6.00. The number of esters is 1. The van der Waals surface area contributed by atoms with Crippen LogP contribution in [0.25, 0.3) is 0 Å². The lowest BCUT2D eigenvalue weighted by Gasteiger charge is -2.25. The molecule has 1 unspecified atom stereocenters. The molecule has 15 nitrogen and oxygen atoms in total. The zero-order valence-corrected chi connectivity index (χ0v) is 28.5. The van der Waals surface area contributed by atoms with Crippen molar-refractivity contribution in [2.24, 2.45) is 0 Å². The lowest BCUT2D eigenvalue weighted by molar-refractivity contribution is -0.149. The van der Waals surface area contributed by atoms with Gasteiger partial charge < -0.3 is 38.6 Å². The Morgan fingerprint density at radius 2 is 1.73 bits per heavy atom. The average molecular weight is 713 g/mol. The number of nitrogens with one attached hydrogen (secondary N) is 2. The van der Waals surface area contributed by atoms with Crippen molar-refractivity contribution in [3.63, 3.8) is 0 Å². The molecule has 0 amide bonds. The summed E-state index contributed by atoms with van der Waals surface area (Å²) in [4.78, 5) is 29.1. The van der Waals surface area contributed by atoms with Crippen molar-refractivity contribution >= 4 is 19.5 Å². The molecule has 1 saturated heterocycles. The monoisotopic (exact) mass is 712 g/mol. The third-order valence-electron chi connectivity index (χ3n) is 7.09. The molecule has 3 aromatic rings. The van der Waals surface area contributed by atoms with Crippen LogP contribution in [0.1, 0.15) is 32.6 Å². The van der Waals surface area contributed by atoms with Gasteiger partial charge in [0, 0.05) is 12.7 Å². The number of aliphatic hydroxyl groups is 1. The largest absolute Gasteiger partial charge is 0.493 e. The molecular formula is C31H39F2N4O11P. The van der Waals surface area contributed by atoms with Gasteiger partial charge in [-0.1, -0.05) is 18.2 Å². The fourth-order valence-electron chi connectivity index (χ4n) is 4.73. The van der Waals surface area contributed by atoms with Crippen LogP contribution in [-0.2, 0) is 29.9 Å². The Morgan fingerprint density at radius 1 is 1.08 bits per heavy atom. The number of ether oxygens (including phenoxy) is 5. The highest BCUT2D eigenvalue weighted by Crippen LogP contribution is 2.48. The second kappa shape index (κ2) is 16.0. The molecule has 5 atom stereocenters. The van der Waals surface area contributed by atoms with Crippen LogP contribution in [0.4, 0.5) is 14.6 Å². The zero-order chi connectivity index (χ0) is 35.9. The van der Waals surface area contributed by atoms with Crippen molar-refractivity contribution in [2.45, 2.75) is 63.8 Å². The molecule has 1 fully saturated rings. The van der Waals surface area contributed by atoms with E-state index in [0.29, 0.717) is 27.4 Å². The van der Waals surface area contributed by atoms with Crippen molar-refractivity contribution in [1.82, 2.24) is 14.6 Å². The standard InChI is InChI=1S/C31H39F2N4O11P/c1-18(2)46-28(39)19(3)36-49(41,48-21-10-8-7-9-11-21)45-17-24-27(38)31(32,33)29(47-24)37-13-12-25(35-30(37)40)34-16-20-14-22(42-4)26(44-6)23(15-20)43-5/h7-15,18-19,24,27,29,38H,16-17H2,1-6H3,(H,36,41)(H,34,35,40)/t19?,24-,27-,29-,49+/m1/s1. The molecular weight excluding hydrogens is 673 g/mol. The number of anilines is 1. The molecule has 2 aromatic carbocycles. The van der Waals surface area contributed by atoms with Crippen LogP contribution in [0.15, 0.2) is 59.5 Å². The minimum atomic E-state index is -4.47. The maximum atomic E-state index is 15.4. The first-order chi connectivity index (χ1) is 23.2. The Balaban J connectivity index is 1.48. The van der Waals surface area contributed by atoms with E-state index in [1.165, 1.54) is 46.5 Å². The minimum absolute atomic E-state index is 0.0620. The van der Waals surface area contributed by atoms with E-state index < -0.39 is 62.5 Å². The molecule has 0 saturated carbocycles. The van der Waals surface area contributed by atoms with E-state index in [4.69, 9.17) is 32.7 Å². The summed E-state index contributed by atoms with van der Waals surface area (Å²) >= 11 is 0. The van der Waals surface area contributed by atoms with Crippen LogP contribution in [-0.4, -0.2) is 78.8 Å². The number of para-hydroxylation sites is 1. The van der Waals surface area contributed by atoms with E-state index >= 15 is 8.78 Å². The summed E-state index contributed by atoms with van der Waals surface area (Å²) in [7, 11) is -0.0767. The normalized spacial score (nSPS) is 20.2.